The SMILES string of the molecule is N#Cc1cccnc1N(Cc1ccsc1)C1CC1. The highest BCUT2D eigenvalue weighted by Gasteiger charge is 2.31. The summed E-state index contributed by atoms with van der Waals surface area (Å²) in [4.78, 5) is 6.66. The van der Waals surface area contributed by atoms with E-state index in [-0.39, 0.29) is 0 Å². The van der Waals surface area contributed by atoms with E-state index < -0.39 is 0 Å². The van der Waals surface area contributed by atoms with Crippen molar-refractivity contribution in [2.75, 3.05) is 4.90 Å². The minimum absolute atomic E-state index is 0.548. The van der Waals surface area contributed by atoms with E-state index in [4.69, 9.17) is 0 Å². The Morgan fingerprint density at radius 3 is 3.00 bits per heavy atom. The van der Waals surface area contributed by atoms with Gasteiger partial charge < -0.3 is 4.90 Å². The Morgan fingerprint density at radius 2 is 2.33 bits per heavy atom. The van der Waals surface area contributed by atoms with Gasteiger partial charge in [-0.1, -0.05) is 0 Å². The average molecular weight is 255 g/mol. The normalized spacial score (nSPS) is 14.2. The van der Waals surface area contributed by atoms with Crippen molar-refractivity contribution in [2.24, 2.45) is 0 Å². The first-order valence-electron chi connectivity index (χ1n) is 6.01. The highest BCUT2D eigenvalue weighted by Crippen LogP contribution is 2.33. The molecule has 18 heavy (non-hydrogen) atoms. The molecule has 90 valence electrons. The van der Waals surface area contributed by atoms with Crippen molar-refractivity contribution in [3.8, 4) is 6.07 Å². The van der Waals surface area contributed by atoms with Crippen LogP contribution in [0.5, 0.6) is 0 Å². The number of aromatic nitrogens is 1. The van der Waals surface area contributed by atoms with Crippen molar-refractivity contribution in [3.63, 3.8) is 0 Å². The predicted molar refractivity (Wildman–Crippen MR) is 72.5 cm³/mol. The Labute approximate surface area is 110 Å². The minimum atomic E-state index is 0.548. The molecular formula is C14H13N3S. The van der Waals surface area contributed by atoms with Crippen LogP contribution in [0, 0.1) is 11.3 Å². The van der Waals surface area contributed by atoms with E-state index in [1.807, 2.05) is 12.1 Å². The van der Waals surface area contributed by atoms with Gasteiger partial charge in [0, 0.05) is 18.8 Å². The molecule has 0 spiro atoms. The maximum Gasteiger partial charge on any atom is 0.147 e. The van der Waals surface area contributed by atoms with Crippen molar-refractivity contribution in [1.29, 1.82) is 5.26 Å². The van der Waals surface area contributed by atoms with E-state index in [2.05, 4.69) is 32.8 Å². The van der Waals surface area contributed by atoms with E-state index in [0.717, 1.165) is 12.4 Å². The third kappa shape index (κ3) is 2.22. The molecule has 1 aliphatic rings. The summed E-state index contributed by atoms with van der Waals surface area (Å²) in [5.74, 6) is 0.828. The fraction of sp³-hybridized carbons (Fsp3) is 0.286. The Balaban J connectivity index is 1.92. The standard InChI is InChI=1S/C14H13N3S/c15-8-12-2-1-6-16-14(12)17(13-3-4-13)9-11-5-7-18-10-11/h1-2,5-7,10,13H,3-4,9H2. The number of hydrogen-bond acceptors (Lipinski definition) is 4. The molecule has 2 heterocycles. The molecule has 0 unspecified atom stereocenters. The summed E-state index contributed by atoms with van der Waals surface area (Å²) < 4.78 is 0. The minimum Gasteiger partial charge on any atom is -0.348 e. The largest absolute Gasteiger partial charge is 0.348 e. The van der Waals surface area contributed by atoms with Gasteiger partial charge in [-0.05, 0) is 47.4 Å². The molecule has 1 saturated carbocycles. The average Bonchev–Trinajstić information content (AvgIpc) is 3.13. The smallest absolute Gasteiger partial charge is 0.147 e. The highest BCUT2D eigenvalue weighted by atomic mass is 32.1. The van der Waals surface area contributed by atoms with E-state index in [1.165, 1.54) is 18.4 Å². The molecule has 0 saturated heterocycles. The van der Waals surface area contributed by atoms with Crippen LogP contribution in [0.25, 0.3) is 0 Å². The quantitative estimate of drug-likeness (QED) is 0.842. The first kappa shape index (κ1) is 11.2. The molecule has 1 aliphatic carbocycles. The van der Waals surface area contributed by atoms with Crippen LogP contribution in [-0.4, -0.2) is 11.0 Å². The van der Waals surface area contributed by atoms with Crippen LogP contribution in [0.15, 0.2) is 35.2 Å². The number of nitriles is 1. The first-order valence-corrected chi connectivity index (χ1v) is 6.95. The topological polar surface area (TPSA) is 39.9 Å². The monoisotopic (exact) mass is 255 g/mol. The van der Waals surface area contributed by atoms with Gasteiger partial charge in [0.25, 0.3) is 0 Å². The van der Waals surface area contributed by atoms with Gasteiger partial charge in [-0.2, -0.15) is 16.6 Å². The van der Waals surface area contributed by atoms with Crippen LogP contribution in [0.2, 0.25) is 0 Å². The van der Waals surface area contributed by atoms with Gasteiger partial charge in [0.05, 0.1) is 5.56 Å². The lowest BCUT2D eigenvalue weighted by Crippen LogP contribution is -2.26. The molecular weight excluding hydrogens is 242 g/mol. The number of thiophene rings is 1. The number of rotatable bonds is 4. The zero-order valence-electron chi connectivity index (χ0n) is 9.91. The molecule has 0 atom stereocenters. The maximum absolute atomic E-state index is 9.18. The molecule has 3 nitrogen and oxygen atoms in total. The van der Waals surface area contributed by atoms with Gasteiger partial charge in [-0.25, -0.2) is 4.98 Å². The molecule has 2 aromatic rings. The summed E-state index contributed by atoms with van der Waals surface area (Å²) in [5.41, 5.74) is 1.96. The lowest BCUT2D eigenvalue weighted by molar-refractivity contribution is 0.778. The Kier molecular flexibility index (Phi) is 2.99. The van der Waals surface area contributed by atoms with Crippen molar-refractivity contribution < 1.29 is 0 Å². The second-order valence-electron chi connectivity index (χ2n) is 4.48. The van der Waals surface area contributed by atoms with Crippen LogP contribution in [-0.2, 0) is 6.54 Å². The first-order chi connectivity index (χ1) is 8.88. The van der Waals surface area contributed by atoms with Crippen molar-refractivity contribution in [3.05, 3.63) is 46.3 Å². The highest BCUT2D eigenvalue weighted by molar-refractivity contribution is 7.07. The molecule has 0 radical (unpaired) electrons. The van der Waals surface area contributed by atoms with Crippen LogP contribution >= 0.6 is 11.3 Å². The zero-order chi connectivity index (χ0) is 12.4. The molecule has 2 aromatic heterocycles. The predicted octanol–water partition coefficient (Wildman–Crippen LogP) is 3.18. The van der Waals surface area contributed by atoms with Crippen molar-refractivity contribution >= 4 is 17.2 Å². The lowest BCUT2D eigenvalue weighted by atomic mass is 10.2. The summed E-state index contributed by atoms with van der Waals surface area (Å²) in [6.07, 6.45) is 4.16. The number of nitrogens with zero attached hydrogens (tertiary/aromatic N) is 3. The summed E-state index contributed by atoms with van der Waals surface area (Å²) in [5, 5.41) is 13.4. The number of hydrogen-bond donors (Lipinski definition) is 0. The van der Waals surface area contributed by atoms with Gasteiger partial charge in [0.2, 0.25) is 0 Å². The van der Waals surface area contributed by atoms with Crippen LogP contribution in [0.1, 0.15) is 24.0 Å². The second kappa shape index (κ2) is 4.79. The van der Waals surface area contributed by atoms with Gasteiger partial charge in [0.15, 0.2) is 0 Å². The summed E-state index contributed by atoms with van der Waals surface area (Å²) >= 11 is 1.71. The molecule has 4 heteroatoms. The zero-order valence-corrected chi connectivity index (χ0v) is 10.7. The lowest BCUT2D eigenvalue weighted by Gasteiger charge is -2.23. The summed E-state index contributed by atoms with van der Waals surface area (Å²) in [6.45, 7) is 0.847. The van der Waals surface area contributed by atoms with Crippen molar-refractivity contribution in [1.82, 2.24) is 4.98 Å². The third-order valence-electron chi connectivity index (χ3n) is 3.10. The van der Waals surface area contributed by atoms with Crippen LogP contribution < -0.4 is 4.90 Å². The molecule has 1 fully saturated rings. The molecule has 3 rings (SSSR count). The third-order valence-corrected chi connectivity index (χ3v) is 3.83. The Bertz CT molecular complexity index is 567. The van der Waals surface area contributed by atoms with E-state index >= 15 is 0 Å². The Morgan fingerprint density at radius 1 is 1.44 bits per heavy atom. The van der Waals surface area contributed by atoms with Gasteiger partial charge >= 0.3 is 0 Å². The van der Waals surface area contributed by atoms with Crippen LogP contribution in [0.4, 0.5) is 5.82 Å². The van der Waals surface area contributed by atoms with Crippen LogP contribution in [0.3, 0.4) is 0 Å². The fourth-order valence-electron chi connectivity index (χ4n) is 2.06. The molecule has 0 aromatic carbocycles. The fourth-order valence-corrected chi connectivity index (χ4v) is 2.72. The molecule has 0 amide bonds. The van der Waals surface area contributed by atoms with E-state index in [0.29, 0.717) is 11.6 Å². The van der Waals surface area contributed by atoms with E-state index in [9.17, 15) is 5.26 Å². The molecule has 0 N–H and O–H groups in total. The van der Waals surface area contributed by atoms with Gasteiger partial charge in [0.1, 0.15) is 11.9 Å². The molecule has 0 bridgehead atoms. The second-order valence-corrected chi connectivity index (χ2v) is 5.26. The summed E-state index contributed by atoms with van der Waals surface area (Å²) in [6, 6.07) is 8.57. The number of anilines is 1. The summed E-state index contributed by atoms with van der Waals surface area (Å²) in [7, 11) is 0. The molecule has 0 aliphatic heterocycles. The van der Waals surface area contributed by atoms with E-state index in [1.54, 1.807) is 17.5 Å². The van der Waals surface area contributed by atoms with Crippen molar-refractivity contribution in [2.45, 2.75) is 25.4 Å². The maximum atomic E-state index is 9.18. The Hall–Kier alpha value is -1.86. The van der Waals surface area contributed by atoms with Gasteiger partial charge in [-0.3, -0.25) is 0 Å². The van der Waals surface area contributed by atoms with Gasteiger partial charge in [-0.15, -0.1) is 0 Å². The number of pyridine rings is 1.